The fourth-order valence-corrected chi connectivity index (χ4v) is 2.40. The fourth-order valence-electron chi connectivity index (χ4n) is 1.46. The Kier molecular flexibility index (Phi) is 3.98. The van der Waals surface area contributed by atoms with Gasteiger partial charge in [-0.1, -0.05) is 6.07 Å². The topological polar surface area (TPSA) is 46.2 Å². The third-order valence-corrected chi connectivity index (χ3v) is 3.10. The summed E-state index contributed by atoms with van der Waals surface area (Å²) in [7, 11) is -1.85. The number of hydrogen-bond donors (Lipinski definition) is 1. The third kappa shape index (κ3) is 3.24. The standard InChI is InChI=1S/C10H13F2NO2S/c1-13-9(6-16(2,14)15)10-7(11)4-3-5-8(10)12/h3-5,9,13H,6H2,1-2H3. The maximum atomic E-state index is 13.4. The van der Waals surface area contributed by atoms with E-state index in [9.17, 15) is 17.2 Å². The zero-order valence-electron chi connectivity index (χ0n) is 9.00. The molecular formula is C10H13F2NO2S. The van der Waals surface area contributed by atoms with Crippen molar-refractivity contribution >= 4 is 9.84 Å². The maximum absolute atomic E-state index is 13.4. The van der Waals surface area contributed by atoms with Crippen molar-refractivity contribution in [3.05, 3.63) is 35.4 Å². The Hall–Kier alpha value is -1.01. The molecule has 1 rings (SSSR count). The molecule has 0 aliphatic heterocycles. The molecule has 0 saturated carbocycles. The summed E-state index contributed by atoms with van der Waals surface area (Å²) in [6.45, 7) is 0. The number of rotatable bonds is 4. The van der Waals surface area contributed by atoms with Crippen LogP contribution in [0, 0.1) is 11.6 Å². The lowest BCUT2D eigenvalue weighted by Gasteiger charge is -2.16. The molecule has 6 heteroatoms. The highest BCUT2D eigenvalue weighted by Gasteiger charge is 2.22. The first-order valence-corrected chi connectivity index (χ1v) is 6.70. The predicted molar refractivity (Wildman–Crippen MR) is 57.9 cm³/mol. The zero-order chi connectivity index (χ0) is 12.3. The first-order valence-electron chi connectivity index (χ1n) is 4.64. The van der Waals surface area contributed by atoms with E-state index in [1.54, 1.807) is 0 Å². The van der Waals surface area contributed by atoms with Crippen LogP contribution in [0.4, 0.5) is 8.78 Å². The highest BCUT2D eigenvalue weighted by Crippen LogP contribution is 2.21. The summed E-state index contributed by atoms with van der Waals surface area (Å²) in [5, 5.41) is 2.60. The lowest BCUT2D eigenvalue weighted by atomic mass is 10.1. The zero-order valence-corrected chi connectivity index (χ0v) is 9.81. The van der Waals surface area contributed by atoms with Gasteiger partial charge < -0.3 is 5.32 Å². The largest absolute Gasteiger partial charge is 0.312 e. The van der Waals surface area contributed by atoms with Gasteiger partial charge in [-0.05, 0) is 19.2 Å². The van der Waals surface area contributed by atoms with Crippen LogP contribution in [0.5, 0.6) is 0 Å². The van der Waals surface area contributed by atoms with Crippen LogP contribution in [0.2, 0.25) is 0 Å². The van der Waals surface area contributed by atoms with Gasteiger partial charge in [0.25, 0.3) is 0 Å². The molecule has 0 aliphatic carbocycles. The van der Waals surface area contributed by atoms with E-state index >= 15 is 0 Å². The van der Waals surface area contributed by atoms with E-state index in [0.29, 0.717) is 0 Å². The smallest absolute Gasteiger partial charge is 0.149 e. The lowest BCUT2D eigenvalue weighted by Crippen LogP contribution is -2.26. The molecule has 0 bridgehead atoms. The van der Waals surface area contributed by atoms with Gasteiger partial charge in [0.05, 0.1) is 11.8 Å². The number of benzene rings is 1. The Labute approximate surface area is 93.4 Å². The monoisotopic (exact) mass is 249 g/mol. The highest BCUT2D eigenvalue weighted by molar-refractivity contribution is 7.90. The van der Waals surface area contributed by atoms with Crippen molar-refractivity contribution in [1.82, 2.24) is 5.32 Å². The van der Waals surface area contributed by atoms with E-state index in [0.717, 1.165) is 18.4 Å². The summed E-state index contributed by atoms with van der Waals surface area (Å²) in [6, 6.07) is 2.56. The number of halogens is 2. The second-order valence-corrected chi connectivity index (χ2v) is 5.75. The van der Waals surface area contributed by atoms with Crippen molar-refractivity contribution in [3.8, 4) is 0 Å². The number of nitrogens with one attached hydrogen (secondary N) is 1. The predicted octanol–water partition coefficient (Wildman–Crippen LogP) is 1.27. The van der Waals surface area contributed by atoms with Gasteiger partial charge in [-0.3, -0.25) is 0 Å². The molecule has 0 saturated heterocycles. The van der Waals surface area contributed by atoms with E-state index in [-0.39, 0.29) is 11.3 Å². The minimum absolute atomic E-state index is 0.240. The van der Waals surface area contributed by atoms with Crippen LogP contribution in [-0.2, 0) is 9.84 Å². The Morgan fingerprint density at radius 2 is 1.81 bits per heavy atom. The molecule has 1 aromatic carbocycles. The summed E-state index contributed by atoms with van der Waals surface area (Å²) in [5.41, 5.74) is -0.240. The van der Waals surface area contributed by atoms with Crippen LogP contribution in [0.3, 0.4) is 0 Å². The molecule has 0 spiro atoms. The van der Waals surface area contributed by atoms with Gasteiger partial charge in [0.15, 0.2) is 0 Å². The summed E-state index contributed by atoms with van der Waals surface area (Å²) in [4.78, 5) is 0. The van der Waals surface area contributed by atoms with Crippen molar-refractivity contribution in [2.24, 2.45) is 0 Å². The Bertz CT molecular complexity index is 453. The molecule has 16 heavy (non-hydrogen) atoms. The molecular weight excluding hydrogens is 236 g/mol. The van der Waals surface area contributed by atoms with Crippen LogP contribution < -0.4 is 5.32 Å². The van der Waals surface area contributed by atoms with Gasteiger partial charge in [-0.15, -0.1) is 0 Å². The number of hydrogen-bond acceptors (Lipinski definition) is 3. The molecule has 90 valence electrons. The summed E-state index contributed by atoms with van der Waals surface area (Å²) in [6.07, 6.45) is 1.02. The molecule has 3 nitrogen and oxygen atoms in total. The van der Waals surface area contributed by atoms with Crippen molar-refractivity contribution in [2.45, 2.75) is 6.04 Å². The van der Waals surface area contributed by atoms with E-state index in [1.807, 2.05) is 0 Å². The van der Waals surface area contributed by atoms with Gasteiger partial charge in [-0.2, -0.15) is 0 Å². The van der Waals surface area contributed by atoms with Gasteiger partial charge in [0, 0.05) is 11.8 Å². The molecule has 0 aliphatic rings. The van der Waals surface area contributed by atoms with Crippen LogP contribution in [0.25, 0.3) is 0 Å². The minimum atomic E-state index is -3.31. The second kappa shape index (κ2) is 4.88. The molecule has 0 aromatic heterocycles. The fraction of sp³-hybridized carbons (Fsp3) is 0.400. The average molecular weight is 249 g/mol. The quantitative estimate of drug-likeness (QED) is 0.874. The molecule has 1 N–H and O–H groups in total. The van der Waals surface area contributed by atoms with Crippen LogP contribution in [-0.4, -0.2) is 27.5 Å². The first-order chi connectivity index (χ1) is 7.35. The van der Waals surface area contributed by atoms with Gasteiger partial charge >= 0.3 is 0 Å². The minimum Gasteiger partial charge on any atom is -0.312 e. The maximum Gasteiger partial charge on any atom is 0.149 e. The van der Waals surface area contributed by atoms with Crippen LogP contribution in [0.1, 0.15) is 11.6 Å². The normalized spacial score (nSPS) is 13.8. The van der Waals surface area contributed by atoms with Crippen molar-refractivity contribution in [1.29, 1.82) is 0 Å². The molecule has 0 heterocycles. The Balaban J connectivity index is 3.14. The first kappa shape index (κ1) is 13.1. The highest BCUT2D eigenvalue weighted by atomic mass is 32.2. The molecule has 1 atom stereocenters. The Morgan fingerprint density at radius 1 is 1.31 bits per heavy atom. The molecule has 1 unspecified atom stereocenters. The summed E-state index contributed by atoms with van der Waals surface area (Å²) >= 11 is 0. The van der Waals surface area contributed by atoms with Crippen molar-refractivity contribution in [3.63, 3.8) is 0 Å². The van der Waals surface area contributed by atoms with E-state index in [1.165, 1.54) is 13.1 Å². The molecule has 0 radical (unpaired) electrons. The molecule has 1 aromatic rings. The number of sulfone groups is 1. The van der Waals surface area contributed by atoms with Crippen molar-refractivity contribution in [2.75, 3.05) is 19.1 Å². The third-order valence-electron chi connectivity index (χ3n) is 2.17. The molecule has 0 fully saturated rings. The van der Waals surface area contributed by atoms with Crippen LogP contribution in [0.15, 0.2) is 18.2 Å². The van der Waals surface area contributed by atoms with Gasteiger partial charge in [0.2, 0.25) is 0 Å². The second-order valence-electron chi connectivity index (χ2n) is 3.57. The van der Waals surface area contributed by atoms with Crippen molar-refractivity contribution < 1.29 is 17.2 Å². The SMILES string of the molecule is CNC(CS(C)(=O)=O)c1c(F)cccc1F. The summed E-state index contributed by atoms with van der Waals surface area (Å²) < 4.78 is 49.0. The Morgan fingerprint density at radius 3 is 2.19 bits per heavy atom. The lowest BCUT2D eigenvalue weighted by molar-refractivity contribution is 0.506. The summed E-state index contributed by atoms with van der Waals surface area (Å²) in [5.74, 6) is -1.84. The van der Waals surface area contributed by atoms with E-state index in [2.05, 4.69) is 5.32 Å². The van der Waals surface area contributed by atoms with Gasteiger partial charge in [0.1, 0.15) is 21.5 Å². The van der Waals surface area contributed by atoms with E-state index < -0.39 is 27.5 Å². The average Bonchev–Trinajstić information content (AvgIpc) is 2.14. The van der Waals surface area contributed by atoms with Crippen LogP contribution >= 0.6 is 0 Å². The van der Waals surface area contributed by atoms with Gasteiger partial charge in [-0.25, -0.2) is 17.2 Å². The van der Waals surface area contributed by atoms with E-state index in [4.69, 9.17) is 0 Å². The molecule has 0 amide bonds.